The van der Waals surface area contributed by atoms with Gasteiger partial charge in [-0.3, -0.25) is 4.79 Å². The van der Waals surface area contributed by atoms with Gasteiger partial charge in [0, 0.05) is 17.8 Å². The number of aryl methyl sites for hydroxylation is 2. The van der Waals surface area contributed by atoms with Gasteiger partial charge in [0.15, 0.2) is 17.3 Å². The van der Waals surface area contributed by atoms with Gasteiger partial charge in [-0.05, 0) is 43.7 Å². The Morgan fingerprint density at radius 1 is 1.12 bits per heavy atom. The minimum Gasteiger partial charge on any atom is -0.486 e. The van der Waals surface area contributed by atoms with Crippen molar-refractivity contribution in [1.29, 1.82) is 0 Å². The summed E-state index contributed by atoms with van der Waals surface area (Å²) in [4.78, 5) is 18.1. The van der Waals surface area contributed by atoms with Gasteiger partial charge in [0.05, 0.1) is 5.57 Å². The summed E-state index contributed by atoms with van der Waals surface area (Å²) in [5, 5.41) is 11.0. The van der Waals surface area contributed by atoms with E-state index in [0.29, 0.717) is 48.5 Å². The van der Waals surface area contributed by atoms with E-state index in [-0.39, 0.29) is 5.91 Å². The molecule has 3 aromatic rings. The third-order valence-corrected chi connectivity index (χ3v) is 5.65. The third kappa shape index (κ3) is 3.57. The van der Waals surface area contributed by atoms with Crippen molar-refractivity contribution < 1.29 is 14.3 Å². The molecule has 0 bridgehead atoms. The van der Waals surface area contributed by atoms with Gasteiger partial charge >= 0.3 is 0 Å². The maximum absolute atomic E-state index is 13.5. The molecule has 32 heavy (non-hydrogen) atoms. The first kappa shape index (κ1) is 20.1. The molecule has 0 radical (unpaired) electrons. The number of hydrogen-bond donors (Lipinski definition) is 2. The number of allylic oxidation sites excluding steroid dienone is 1. The van der Waals surface area contributed by atoms with Gasteiger partial charge < -0.3 is 20.1 Å². The Morgan fingerprint density at radius 3 is 2.62 bits per heavy atom. The van der Waals surface area contributed by atoms with Gasteiger partial charge in [0.2, 0.25) is 5.95 Å². The van der Waals surface area contributed by atoms with Gasteiger partial charge in [-0.15, -0.1) is 0 Å². The lowest BCUT2D eigenvalue weighted by atomic mass is 9.94. The van der Waals surface area contributed by atoms with Crippen molar-refractivity contribution in [3.8, 4) is 11.5 Å². The van der Waals surface area contributed by atoms with E-state index in [1.165, 1.54) is 0 Å². The number of benzene rings is 2. The Kier molecular flexibility index (Phi) is 5.05. The summed E-state index contributed by atoms with van der Waals surface area (Å²) in [7, 11) is 0. The van der Waals surface area contributed by atoms with E-state index in [2.05, 4.69) is 20.7 Å². The predicted molar refractivity (Wildman–Crippen MR) is 121 cm³/mol. The molecule has 1 amide bonds. The van der Waals surface area contributed by atoms with E-state index in [1.54, 1.807) is 4.68 Å². The van der Waals surface area contributed by atoms with Crippen LogP contribution < -0.4 is 20.1 Å². The molecule has 1 aromatic heterocycles. The fraction of sp³-hybridized carbons (Fsp3) is 0.292. The number of nitrogens with zero attached hydrogens (tertiary/aromatic N) is 3. The highest BCUT2D eigenvalue weighted by molar-refractivity contribution is 6.06. The Balaban J connectivity index is 1.58. The van der Waals surface area contributed by atoms with Crippen LogP contribution in [0.15, 0.2) is 53.7 Å². The van der Waals surface area contributed by atoms with Crippen LogP contribution in [0.3, 0.4) is 0 Å². The first-order chi connectivity index (χ1) is 15.5. The topological polar surface area (TPSA) is 90.3 Å². The van der Waals surface area contributed by atoms with E-state index >= 15 is 0 Å². The summed E-state index contributed by atoms with van der Waals surface area (Å²) in [6.45, 7) is 6.92. The molecule has 2 aliphatic heterocycles. The van der Waals surface area contributed by atoms with E-state index in [0.717, 1.165) is 22.5 Å². The highest BCUT2D eigenvalue weighted by Crippen LogP contribution is 2.40. The molecule has 0 aliphatic carbocycles. The maximum atomic E-state index is 13.5. The lowest BCUT2D eigenvalue weighted by Gasteiger charge is -2.29. The molecule has 2 aromatic carbocycles. The van der Waals surface area contributed by atoms with E-state index in [1.807, 2.05) is 63.2 Å². The summed E-state index contributed by atoms with van der Waals surface area (Å²) >= 11 is 0. The molecular weight excluding hydrogens is 406 g/mol. The lowest BCUT2D eigenvalue weighted by molar-refractivity contribution is -0.113. The highest BCUT2D eigenvalue weighted by Gasteiger charge is 2.35. The molecule has 2 aliphatic rings. The van der Waals surface area contributed by atoms with Crippen molar-refractivity contribution in [2.24, 2.45) is 0 Å². The van der Waals surface area contributed by atoms with Crippen LogP contribution >= 0.6 is 0 Å². The summed E-state index contributed by atoms with van der Waals surface area (Å²) in [5.74, 6) is 2.50. The normalized spacial score (nSPS) is 16.9. The largest absolute Gasteiger partial charge is 0.486 e. The molecule has 0 fully saturated rings. The van der Waals surface area contributed by atoms with Crippen LogP contribution in [0.1, 0.15) is 36.8 Å². The molecule has 8 nitrogen and oxygen atoms in total. The first-order valence-electron chi connectivity index (χ1n) is 10.7. The van der Waals surface area contributed by atoms with Crippen LogP contribution in [-0.2, 0) is 11.2 Å². The number of anilines is 2. The number of amides is 1. The monoisotopic (exact) mass is 431 g/mol. The fourth-order valence-corrected chi connectivity index (χ4v) is 4.01. The zero-order chi connectivity index (χ0) is 22.2. The van der Waals surface area contributed by atoms with Crippen molar-refractivity contribution in [1.82, 2.24) is 14.8 Å². The number of fused-ring (bicyclic) bond motifs is 2. The number of carbonyl (C=O) groups is 1. The molecule has 1 atom stereocenters. The summed E-state index contributed by atoms with van der Waals surface area (Å²) in [5.41, 5.74) is 4.05. The van der Waals surface area contributed by atoms with Crippen LogP contribution in [-0.4, -0.2) is 33.9 Å². The van der Waals surface area contributed by atoms with Crippen LogP contribution in [0.5, 0.6) is 11.5 Å². The third-order valence-electron chi connectivity index (χ3n) is 5.65. The predicted octanol–water partition coefficient (Wildman–Crippen LogP) is 3.85. The van der Waals surface area contributed by atoms with E-state index in [9.17, 15) is 4.79 Å². The summed E-state index contributed by atoms with van der Waals surface area (Å²) in [6.07, 6.45) is 0.694. The van der Waals surface area contributed by atoms with E-state index < -0.39 is 6.04 Å². The average molecular weight is 431 g/mol. The van der Waals surface area contributed by atoms with Crippen LogP contribution in [0, 0.1) is 6.92 Å². The molecule has 8 heteroatoms. The van der Waals surface area contributed by atoms with Crippen molar-refractivity contribution in [3.05, 3.63) is 70.7 Å². The Morgan fingerprint density at radius 2 is 1.88 bits per heavy atom. The SMILES string of the molecule is CCc1nc2n(n1)C(c1ccc3c(c1)OCCO3)C(C(=O)Nc1ccc(C)cc1)=C(C)N2. The van der Waals surface area contributed by atoms with Gasteiger partial charge in [-0.1, -0.05) is 30.7 Å². The summed E-state index contributed by atoms with van der Waals surface area (Å²) < 4.78 is 13.3. The highest BCUT2D eigenvalue weighted by atomic mass is 16.6. The van der Waals surface area contributed by atoms with Crippen LogP contribution in [0.25, 0.3) is 0 Å². The zero-order valence-corrected chi connectivity index (χ0v) is 18.3. The van der Waals surface area contributed by atoms with Gasteiger partial charge in [-0.2, -0.15) is 10.1 Å². The molecule has 0 saturated heterocycles. The van der Waals surface area contributed by atoms with Crippen LogP contribution in [0.4, 0.5) is 11.6 Å². The molecule has 2 N–H and O–H groups in total. The number of aromatic nitrogens is 3. The number of hydrogen-bond acceptors (Lipinski definition) is 6. The second kappa shape index (κ2) is 8.03. The second-order valence-electron chi connectivity index (χ2n) is 7.94. The second-order valence-corrected chi connectivity index (χ2v) is 7.94. The quantitative estimate of drug-likeness (QED) is 0.652. The Hall–Kier alpha value is -3.81. The van der Waals surface area contributed by atoms with Crippen molar-refractivity contribution in [2.45, 2.75) is 33.2 Å². The number of ether oxygens (including phenoxy) is 2. The minimum absolute atomic E-state index is 0.196. The number of rotatable bonds is 4. The lowest BCUT2D eigenvalue weighted by Crippen LogP contribution is -2.31. The Labute approximate surface area is 186 Å². The molecular formula is C24H25N5O3. The minimum atomic E-state index is -0.458. The van der Waals surface area contributed by atoms with Gasteiger partial charge in [-0.25, -0.2) is 4.68 Å². The van der Waals surface area contributed by atoms with Gasteiger partial charge in [0.1, 0.15) is 19.3 Å². The molecule has 1 unspecified atom stereocenters. The van der Waals surface area contributed by atoms with Crippen LogP contribution in [0.2, 0.25) is 0 Å². The smallest absolute Gasteiger partial charge is 0.255 e. The Bertz CT molecular complexity index is 1210. The van der Waals surface area contributed by atoms with Crippen molar-refractivity contribution in [2.75, 3.05) is 23.8 Å². The summed E-state index contributed by atoms with van der Waals surface area (Å²) in [6, 6.07) is 13.0. The van der Waals surface area contributed by atoms with Crippen molar-refractivity contribution >= 4 is 17.5 Å². The maximum Gasteiger partial charge on any atom is 0.255 e. The first-order valence-corrected chi connectivity index (χ1v) is 10.7. The molecule has 3 heterocycles. The van der Waals surface area contributed by atoms with Crippen molar-refractivity contribution in [3.63, 3.8) is 0 Å². The zero-order valence-electron chi connectivity index (χ0n) is 18.3. The number of carbonyl (C=O) groups excluding carboxylic acids is 1. The molecule has 5 rings (SSSR count). The fourth-order valence-electron chi connectivity index (χ4n) is 4.01. The van der Waals surface area contributed by atoms with E-state index in [4.69, 9.17) is 9.47 Å². The van der Waals surface area contributed by atoms with Gasteiger partial charge in [0.25, 0.3) is 5.91 Å². The molecule has 0 saturated carbocycles. The molecule has 0 spiro atoms. The standard InChI is InChI=1S/C24H25N5O3/c1-4-20-27-24-25-15(3)21(23(30)26-17-8-5-14(2)6-9-17)22(29(24)28-20)16-7-10-18-19(13-16)32-12-11-31-18/h5-10,13,22H,4,11-12H2,1-3H3,(H,26,30)(H,25,27,28). The average Bonchev–Trinajstić information content (AvgIpc) is 3.22. The molecule has 164 valence electrons. The number of nitrogens with one attached hydrogen (secondary N) is 2.